The molecule has 0 radical (unpaired) electrons. The van der Waals surface area contributed by atoms with E-state index in [4.69, 9.17) is 5.73 Å². The van der Waals surface area contributed by atoms with E-state index < -0.39 is 0 Å². The molecule has 1 aliphatic heterocycles. The Hall–Kier alpha value is -0.120. The van der Waals surface area contributed by atoms with E-state index in [1.807, 2.05) is 0 Å². The summed E-state index contributed by atoms with van der Waals surface area (Å²) in [6, 6.07) is 1.94. The normalized spacial score (nSPS) is 31.3. The van der Waals surface area contributed by atoms with Crippen molar-refractivity contribution >= 4 is 0 Å². The molecule has 2 atom stereocenters. The van der Waals surface area contributed by atoms with Crippen molar-refractivity contribution in [2.45, 2.75) is 45.3 Å². The Labute approximate surface area is 88.2 Å². The maximum Gasteiger partial charge on any atom is 0.0241 e. The van der Waals surface area contributed by atoms with Gasteiger partial charge in [-0.3, -0.25) is 4.90 Å². The van der Waals surface area contributed by atoms with Crippen LogP contribution in [-0.4, -0.2) is 54.6 Å². The lowest BCUT2D eigenvalue weighted by Gasteiger charge is -2.47. The van der Waals surface area contributed by atoms with Gasteiger partial charge >= 0.3 is 0 Å². The minimum atomic E-state index is 0.634. The Balaban J connectivity index is 2.65. The van der Waals surface area contributed by atoms with Crippen LogP contribution >= 0.6 is 0 Å². The molecule has 0 aromatic carbocycles. The quantitative estimate of drug-likeness (QED) is 0.728. The van der Waals surface area contributed by atoms with Crippen molar-refractivity contribution in [2.24, 2.45) is 5.73 Å². The summed E-state index contributed by atoms with van der Waals surface area (Å²) in [4.78, 5) is 5.04. The van der Waals surface area contributed by atoms with E-state index in [9.17, 15) is 0 Å². The average Bonchev–Trinajstić information content (AvgIpc) is 2.01. The van der Waals surface area contributed by atoms with E-state index in [1.54, 1.807) is 0 Å². The zero-order valence-electron chi connectivity index (χ0n) is 10.0. The van der Waals surface area contributed by atoms with Gasteiger partial charge in [-0.15, -0.1) is 0 Å². The summed E-state index contributed by atoms with van der Waals surface area (Å²) < 4.78 is 0. The number of hydrogen-bond donors (Lipinski definition) is 1. The Bertz CT molecular complexity index is 170. The molecule has 1 rings (SSSR count). The third kappa shape index (κ3) is 2.69. The first-order chi connectivity index (χ1) is 6.56. The molecule has 0 saturated carbocycles. The second kappa shape index (κ2) is 5.10. The van der Waals surface area contributed by atoms with Crippen molar-refractivity contribution in [2.75, 3.05) is 26.7 Å². The number of piperazine rings is 1. The summed E-state index contributed by atoms with van der Waals surface area (Å²) in [7, 11) is 2.21. The van der Waals surface area contributed by atoms with Gasteiger partial charge in [0.15, 0.2) is 0 Å². The highest BCUT2D eigenvalue weighted by Crippen LogP contribution is 2.19. The third-order valence-electron chi connectivity index (χ3n) is 3.13. The Kier molecular flexibility index (Phi) is 4.35. The van der Waals surface area contributed by atoms with Gasteiger partial charge in [-0.1, -0.05) is 0 Å². The van der Waals surface area contributed by atoms with Crippen molar-refractivity contribution in [3.05, 3.63) is 0 Å². The average molecular weight is 199 g/mol. The maximum atomic E-state index is 5.67. The van der Waals surface area contributed by atoms with Crippen LogP contribution < -0.4 is 5.73 Å². The topological polar surface area (TPSA) is 32.5 Å². The molecule has 0 aromatic rings. The lowest BCUT2D eigenvalue weighted by Crippen LogP contribution is -2.59. The maximum absolute atomic E-state index is 5.67. The standard InChI is InChI=1S/C11H25N3/c1-9(2)14-10(3)7-13(4)8-11(14)5-6-12/h9-11H,5-8,12H2,1-4H3. The van der Waals surface area contributed by atoms with Crippen LogP contribution in [0.4, 0.5) is 0 Å². The van der Waals surface area contributed by atoms with Gasteiger partial charge < -0.3 is 10.6 Å². The molecule has 3 nitrogen and oxygen atoms in total. The molecule has 14 heavy (non-hydrogen) atoms. The highest BCUT2D eigenvalue weighted by atomic mass is 15.3. The summed E-state index contributed by atoms with van der Waals surface area (Å²) in [6.07, 6.45) is 1.12. The van der Waals surface area contributed by atoms with E-state index in [0.717, 1.165) is 13.0 Å². The zero-order valence-corrected chi connectivity index (χ0v) is 10.0. The molecular weight excluding hydrogens is 174 g/mol. The lowest BCUT2D eigenvalue weighted by atomic mass is 10.0. The van der Waals surface area contributed by atoms with Crippen LogP contribution in [0.1, 0.15) is 27.2 Å². The SMILES string of the molecule is CC(C)N1C(C)CN(C)CC1CCN. The summed E-state index contributed by atoms with van der Waals surface area (Å²) >= 11 is 0. The van der Waals surface area contributed by atoms with E-state index in [-0.39, 0.29) is 0 Å². The highest BCUT2D eigenvalue weighted by molar-refractivity contribution is 4.87. The van der Waals surface area contributed by atoms with Gasteiger partial charge in [0.1, 0.15) is 0 Å². The predicted molar refractivity (Wildman–Crippen MR) is 61.4 cm³/mol. The highest BCUT2D eigenvalue weighted by Gasteiger charge is 2.31. The van der Waals surface area contributed by atoms with E-state index in [0.29, 0.717) is 18.1 Å². The molecule has 2 unspecified atom stereocenters. The van der Waals surface area contributed by atoms with E-state index in [2.05, 4.69) is 37.6 Å². The summed E-state index contributed by atoms with van der Waals surface area (Å²) in [5, 5.41) is 0. The van der Waals surface area contributed by atoms with Gasteiger partial charge in [-0.25, -0.2) is 0 Å². The Morgan fingerprint density at radius 1 is 1.36 bits per heavy atom. The van der Waals surface area contributed by atoms with Crippen LogP contribution in [-0.2, 0) is 0 Å². The molecule has 2 N–H and O–H groups in total. The molecule has 1 fully saturated rings. The third-order valence-corrected chi connectivity index (χ3v) is 3.13. The van der Waals surface area contributed by atoms with E-state index in [1.165, 1.54) is 13.1 Å². The molecule has 0 spiro atoms. The first-order valence-corrected chi connectivity index (χ1v) is 5.72. The molecule has 3 heteroatoms. The Morgan fingerprint density at radius 3 is 2.50 bits per heavy atom. The van der Waals surface area contributed by atoms with Crippen molar-refractivity contribution < 1.29 is 0 Å². The van der Waals surface area contributed by atoms with Crippen LogP contribution in [0.3, 0.4) is 0 Å². The number of hydrogen-bond acceptors (Lipinski definition) is 3. The largest absolute Gasteiger partial charge is 0.330 e. The second-order valence-corrected chi connectivity index (χ2v) is 4.84. The monoisotopic (exact) mass is 199 g/mol. The van der Waals surface area contributed by atoms with Gasteiger partial charge in [0, 0.05) is 31.2 Å². The van der Waals surface area contributed by atoms with Gasteiger partial charge in [0.05, 0.1) is 0 Å². The summed E-state index contributed by atoms with van der Waals surface area (Å²) in [5.41, 5.74) is 5.67. The predicted octanol–water partition coefficient (Wildman–Crippen LogP) is 0.748. The van der Waals surface area contributed by atoms with Crippen LogP contribution in [0.25, 0.3) is 0 Å². The van der Waals surface area contributed by atoms with Crippen LogP contribution in [0, 0.1) is 0 Å². The fourth-order valence-electron chi connectivity index (χ4n) is 2.80. The molecule has 1 heterocycles. The number of nitrogens with zero attached hydrogens (tertiary/aromatic N) is 2. The van der Waals surface area contributed by atoms with Gasteiger partial charge in [-0.05, 0) is 40.8 Å². The molecule has 0 bridgehead atoms. The fraction of sp³-hybridized carbons (Fsp3) is 1.00. The van der Waals surface area contributed by atoms with Crippen LogP contribution in [0.5, 0.6) is 0 Å². The van der Waals surface area contributed by atoms with Crippen molar-refractivity contribution in [1.29, 1.82) is 0 Å². The van der Waals surface area contributed by atoms with Crippen LogP contribution in [0.2, 0.25) is 0 Å². The molecule has 1 aliphatic rings. The van der Waals surface area contributed by atoms with E-state index >= 15 is 0 Å². The lowest BCUT2D eigenvalue weighted by molar-refractivity contribution is 0.0168. The molecule has 1 saturated heterocycles. The number of nitrogens with two attached hydrogens (primary N) is 1. The van der Waals surface area contributed by atoms with Gasteiger partial charge in [0.2, 0.25) is 0 Å². The van der Waals surface area contributed by atoms with Crippen LogP contribution in [0.15, 0.2) is 0 Å². The second-order valence-electron chi connectivity index (χ2n) is 4.84. The minimum Gasteiger partial charge on any atom is -0.330 e. The van der Waals surface area contributed by atoms with Crippen molar-refractivity contribution in [1.82, 2.24) is 9.80 Å². The van der Waals surface area contributed by atoms with Crippen molar-refractivity contribution in [3.63, 3.8) is 0 Å². The zero-order chi connectivity index (χ0) is 10.7. The summed E-state index contributed by atoms with van der Waals surface area (Å²) in [5.74, 6) is 0. The molecular formula is C11H25N3. The molecule has 0 aliphatic carbocycles. The van der Waals surface area contributed by atoms with Gasteiger partial charge in [-0.2, -0.15) is 0 Å². The van der Waals surface area contributed by atoms with Crippen molar-refractivity contribution in [3.8, 4) is 0 Å². The Morgan fingerprint density at radius 2 is 2.00 bits per heavy atom. The smallest absolute Gasteiger partial charge is 0.0241 e. The fourth-order valence-corrected chi connectivity index (χ4v) is 2.80. The first kappa shape index (κ1) is 12.0. The van der Waals surface area contributed by atoms with Gasteiger partial charge in [0.25, 0.3) is 0 Å². The summed E-state index contributed by atoms with van der Waals surface area (Å²) in [6.45, 7) is 10.0. The number of rotatable bonds is 3. The first-order valence-electron chi connectivity index (χ1n) is 5.72. The molecule has 0 aromatic heterocycles. The minimum absolute atomic E-state index is 0.634. The molecule has 84 valence electrons. The number of likely N-dealkylation sites (N-methyl/N-ethyl adjacent to an activating group) is 1. The molecule has 0 amide bonds.